The van der Waals surface area contributed by atoms with Crippen LogP contribution in [0.25, 0.3) is 0 Å². The third kappa shape index (κ3) is 5.11. The maximum atomic E-state index is 12.8. The van der Waals surface area contributed by atoms with Gasteiger partial charge in [-0.2, -0.15) is 0 Å². The Labute approximate surface area is 195 Å². The van der Waals surface area contributed by atoms with Gasteiger partial charge < -0.3 is 19.7 Å². The minimum atomic E-state index is -0.792. The number of epoxide rings is 1. The van der Waals surface area contributed by atoms with Gasteiger partial charge in [0.15, 0.2) is 0 Å². The van der Waals surface area contributed by atoms with Crippen LogP contribution >= 0.6 is 23.4 Å². The van der Waals surface area contributed by atoms with Gasteiger partial charge in [0.2, 0.25) is 0 Å². The molecule has 2 heterocycles. The Bertz CT molecular complexity index is 1050. The Balaban J connectivity index is 1.63. The number of fused-ring (bicyclic) bond motifs is 2. The van der Waals surface area contributed by atoms with Crippen LogP contribution in [0.3, 0.4) is 0 Å². The van der Waals surface area contributed by atoms with Crippen molar-refractivity contribution in [3.05, 3.63) is 64.7 Å². The molecule has 0 radical (unpaired) electrons. The highest BCUT2D eigenvalue weighted by Crippen LogP contribution is 2.41. The molecule has 6 nitrogen and oxygen atoms in total. The molecular weight excluding hydrogens is 452 g/mol. The highest BCUT2D eigenvalue weighted by molar-refractivity contribution is 8.00. The number of phenols is 2. The number of cyclic esters (lactones) is 1. The SMILES string of the molecule is C[C@@H]1C[C@H]2O[C@@H]2C(Sc2ccccc2)/C=C\CC(=O)Cc2c(Cl)c(O)cc(O)c2C(=O)O1. The second kappa shape index (κ2) is 9.57. The van der Waals surface area contributed by atoms with Gasteiger partial charge in [0.1, 0.15) is 28.9 Å². The van der Waals surface area contributed by atoms with Crippen molar-refractivity contribution in [3.8, 4) is 11.5 Å². The van der Waals surface area contributed by atoms with E-state index in [4.69, 9.17) is 21.1 Å². The first kappa shape index (κ1) is 22.7. The fourth-order valence-electron chi connectivity index (χ4n) is 3.80. The molecule has 0 bridgehead atoms. The number of hydrogen-bond donors (Lipinski definition) is 2. The number of carbonyl (C=O) groups is 2. The fourth-order valence-corrected chi connectivity index (χ4v) is 5.21. The second-order valence-electron chi connectivity index (χ2n) is 7.92. The monoisotopic (exact) mass is 474 g/mol. The molecule has 8 heteroatoms. The molecule has 0 amide bonds. The number of aromatic hydroxyl groups is 2. The van der Waals surface area contributed by atoms with E-state index in [1.165, 1.54) is 0 Å². The summed E-state index contributed by atoms with van der Waals surface area (Å²) in [5.74, 6) is -1.89. The zero-order chi connectivity index (χ0) is 22.8. The Morgan fingerprint density at radius 1 is 1.12 bits per heavy atom. The number of rotatable bonds is 2. The first-order chi connectivity index (χ1) is 15.3. The van der Waals surface area contributed by atoms with Crippen LogP contribution < -0.4 is 0 Å². The number of ketones is 1. The number of benzene rings is 2. The van der Waals surface area contributed by atoms with Crippen molar-refractivity contribution in [3.63, 3.8) is 0 Å². The van der Waals surface area contributed by atoms with Gasteiger partial charge in [0.05, 0.1) is 22.5 Å². The number of hydrogen-bond acceptors (Lipinski definition) is 7. The molecule has 4 atom stereocenters. The summed E-state index contributed by atoms with van der Waals surface area (Å²) in [6.07, 6.45) is 3.54. The lowest BCUT2D eigenvalue weighted by Gasteiger charge is -2.17. The van der Waals surface area contributed by atoms with Gasteiger partial charge in [-0.1, -0.05) is 42.0 Å². The normalized spacial score (nSPS) is 26.9. The fraction of sp³-hybridized carbons (Fsp3) is 0.333. The molecule has 2 aliphatic rings. The van der Waals surface area contributed by atoms with Crippen LogP contribution in [-0.4, -0.2) is 45.5 Å². The molecular formula is C24H23ClO6S. The van der Waals surface area contributed by atoms with Gasteiger partial charge in [0.25, 0.3) is 0 Å². The van der Waals surface area contributed by atoms with Crippen molar-refractivity contribution in [1.82, 2.24) is 0 Å². The number of Topliss-reactive ketones (excluding diaryl/α,β-unsaturated/α-hetero) is 1. The summed E-state index contributed by atoms with van der Waals surface area (Å²) in [7, 11) is 0. The maximum absolute atomic E-state index is 12.8. The van der Waals surface area contributed by atoms with Crippen molar-refractivity contribution in [2.45, 2.75) is 54.6 Å². The lowest BCUT2D eigenvalue weighted by atomic mass is 9.98. The zero-order valence-corrected chi connectivity index (χ0v) is 18.9. The average Bonchev–Trinajstić information content (AvgIpc) is 3.49. The van der Waals surface area contributed by atoms with E-state index < -0.39 is 23.6 Å². The summed E-state index contributed by atoms with van der Waals surface area (Å²) in [5, 5.41) is 20.1. The van der Waals surface area contributed by atoms with Crippen LogP contribution in [0.5, 0.6) is 11.5 Å². The molecule has 1 saturated heterocycles. The Kier molecular flexibility index (Phi) is 6.79. The number of ether oxygens (including phenoxy) is 2. The van der Waals surface area contributed by atoms with Crippen LogP contribution in [0.1, 0.15) is 35.7 Å². The minimum Gasteiger partial charge on any atom is -0.507 e. The molecule has 1 unspecified atom stereocenters. The van der Waals surface area contributed by atoms with Crippen LogP contribution in [0.4, 0.5) is 0 Å². The number of allylic oxidation sites excluding steroid dienone is 1. The van der Waals surface area contributed by atoms with E-state index in [1.54, 1.807) is 24.8 Å². The average molecular weight is 475 g/mol. The van der Waals surface area contributed by atoms with Gasteiger partial charge in [-0.05, 0) is 19.1 Å². The molecule has 0 aliphatic carbocycles. The van der Waals surface area contributed by atoms with E-state index in [9.17, 15) is 19.8 Å². The number of phenolic OH excluding ortho intramolecular Hbond substituents is 2. The van der Waals surface area contributed by atoms with Crippen molar-refractivity contribution >= 4 is 35.1 Å². The zero-order valence-electron chi connectivity index (χ0n) is 17.4. The predicted molar refractivity (Wildman–Crippen MR) is 121 cm³/mol. The molecule has 1 fully saturated rings. The van der Waals surface area contributed by atoms with Gasteiger partial charge in [-0.3, -0.25) is 4.79 Å². The van der Waals surface area contributed by atoms with Crippen LogP contribution in [0.2, 0.25) is 5.02 Å². The van der Waals surface area contributed by atoms with E-state index >= 15 is 0 Å². The lowest BCUT2D eigenvalue weighted by Crippen LogP contribution is -2.21. The van der Waals surface area contributed by atoms with E-state index in [-0.39, 0.29) is 52.2 Å². The topological polar surface area (TPSA) is 96.4 Å². The third-order valence-corrected chi connectivity index (χ3v) is 7.07. The van der Waals surface area contributed by atoms with Crippen molar-refractivity contribution < 1.29 is 29.3 Å². The van der Waals surface area contributed by atoms with Crippen LogP contribution in [-0.2, 0) is 20.7 Å². The molecule has 0 spiro atoms. The highest BCUT2D eigenvalue weighted by atomic mass is 35.5. The smallest absolute Gasteiger partial charge is 0.342 e. The van der Waals surface area contributed by atoms with Gasteiger partial charge >= 0.3 is 5.97 Å². The first-order valence-corrected chi connectivity index (χ1v) is 11.6. The summed E-state index contributed by atoms with van der Waals surface area (Å²) in [5.41, 5.74) is -0.132. The summed E-state index contributed by atoms with van der Waals surface area (Å²) < 4.78 is 11.4. The minimum absolute atomic E-state index is 0.00463. The van der Waals surface area contributed by atoms with Crippen molar-refractivity contribution in [2.75, 3.05) is 0 Å². The van der Waals surface area contributed by atoms with Gasteiger partial charge in [0, 0.05) is 35.8 Å². The molecule has 2 aromatic rings. The Morgan fingerprint density at radius 3 is 2.62 bits per heavy atom. The molecule has 4 rings (SSSR count). The molecule has 0 aromatic heterocycles. The first-order valence-electron chi connectivity index (χ1n) is 10.3. The van der Waals surface area contributed by atoms with Gasteiger partial charge in [-0.15, -0.1) is 11.8 Å². The summed E-state index contributed by atoms with van der Waals surface area (Å²) in [4.78, 5) is 26.6. The largest absolute Gasteiger partial charge is 0.507 e. The number of carbonyl (C=O) groups excluding carboxylic acids is 2. The summed E-state index contributed by atoms with van der Waals surface area (Å²) >= 11 is 7.84. The number of halogens is 1. The third-order valence-electron chi connectivity index (χ3n) is 5.40. The van der Waals surface area contributed by atoms with Crippen molar-refractivity contribution in [2.24, 2.45) is 0 Å². The van der Waals surface area contributed by atoms with E-state index in [0.29, 0.717) is 6.42 Å². The molecule has 168 valence electrons. The Hall–Kier alpha value is -2.48. The lowest BCUT2D eigenvalue weighted by molar-refractivity contribution is -0.117. The second-order valence-corrected chi connectivity index (χ2v) is 9.55. The molecule has 0 saturated carbocycles. The number of esters is 1. The van der Waals surface area contributed by atoms with E-state index in [2.05, 4.69) is 0 Å². The Morgan fingerprint density at radius 2 is 1.88 bits per heavy atom. The molecule has 2 aliphatic heterocycles. The molecule has 2 N–H and O–H groups in total. The molecule has 32 heavy (non-hydrogen) atoms. The quantitative estimate of drug-likeness (QED) is 0.370. The summed E-state index contributed by atoms with van der Waals surface area (Å²) in [6.45, 7) is 1.75. The predicted octanol–water partition coefficient (Wildman–Crippen LogP) is 4.69. The number of thioether (sulfide) groups is 1. The van der Waals surface area contributed by atoms with E-state index in [1.807, 2.05) is 36.4 Å². The van der Waals surface area contributed by atoms with Crippen LogP contribution in [0, 0.1) is 0 Å². The van der Waals surface area contributed by atoms with E-state index in [0.717, 1.165) is 11.0 Å². The van der Waals surface area contributed by atoms with Crippen LogP contribution in [0.15, 0.2) is 53.4 Å². The maximum Gasteiger partial charge on any atom is 0.342 e. The highest BCUT2D eigenvalue weighted by Gasteiger charge is 2.45. The summed E-state index contributed by atoms with van der Waals surface area (Å²) in [6, 6.07) is 10.9. The standard InChI is InChI=1S/C24H23ClO6S/c1-13-10-19-23(31-19)20(32-15-7-3-2-4-8-15)9-5-6-14(26)11-16-21(24(29)30-13)17(27)12-18(28)22(16)25/h2-5,7-9,12-13,19-20,23,27-28H,6,10-11H2,1H3/b9-5-/t13-,19-,20?,23+/m1/s1. The van der Waals surface area contributed by atoms with Gasteiger partial charge in [-0.25, -0.2) is 4.79 Å². The van der Waals surface area contributed by atoms with Crippen molar-refractivity contribution in [1.29, 1.82) is 0 Å². The molecule has 2 aromatic carbocycles.